The Kier molecular flexibility index (Phi) is 3.69. The highest BCUT2D eigenvalue weighted by Gasteiger charge is 2.06. The smallest absolute Gasteiger partial charge is 0.150 e. The van der Waals surface area contributed by atoms with E-state index in [9.17, 15) is 4.39 Å². The molecule has 2 aromatic carbocycles. The fourth-order valence-electron chi connectivity index (χ4n) is 1.29. The molecular formula is C12H8Br2FNO. The van der Waals surface area contributed by atoms with E-state index in [2.05, 4.69) is 31.9 Å². The fraction of sp³-hybridized carbons (Fsp3) is 0. The third-order valence-corrected chi connectivity index (χ3v) is 3.20. The molecule has 2 N–H and O–H groups in total. The van der Waals surface area contributed by atoms with Crippen LogP contribution in [0.2, 0.25) is 0 Å². The van der Waals surface area contributed by atoms with Crippen molar-refractivity contribution in [2.75, 3.05) is 5.73 Å². The van der Waals surface area contributed by atoms with Crippen LogP contribution in [0.15, 0.2) is 45.3 Å². The van der Waals surface area contributed by atoms with Crippen LogP contribution in [0.4, 0.5) is 10.1 Å². The van der Waals surface area contributed by atoms with Gasteiger partial charge in [0.2, 0.25) is 0 Å². The van der Waals surface area contributed by atoms with Crippen LogP contribution in [0.5, 0.6) is 11.5 Å². The molecule has 2 nitrogen and oxygen atoms in total. The summed E-state index contributed by atoms with van der Waals surface area (Å²) in [6.07, 6.45) is 0. The summed E-state index contributed by atoms with van der Waals surface area (Å²) in [7, 11) is 0. The Bertz CT molecular complexity index is 511. The highest BCUT2D eigenvalue weighted by molar-refractivity contribution is 9.10. The molecule has 5 heteroatoms. The van der Waals surface area contributed by atoms with E-state index in [4.69, 9.17) is 10.5 Å². The minimum Gasteiger partial charge on any atom is -0.454 e. The largest absolute Gasteiger partial charge is 0.454 e. The number of hydrogen-bond acceptors (Lipinski definition) is 2. The van der Waals surface area contributed by atoms with Gasteiger partial charge in [-0.15, -0.1) is 0 Å². The minimum atomic E-state index is -0.326. The number of anilines is 1. The van der Waals surface area contributed by atoms with Crippen molar-refractivity contribution in [3.05, 3.63) is 51.2 Å². The van der Waals surface area contributed by atoms with E-state index in [-0.39, 0.29) is 5.82 Å². The number of halogens is 3. The maximum Gasteiger partial charge on any atom is 0.150 e. The van der Waals surface area contributed by atoms with Gasteiger partial charge < -0.3 is 10.5 Å². The second-order valence-electron chi connectivity index (χ2n) is 3.36. The second-order valence-corrected chi connectivity index (χ2v) is 5.13. The summed E-state index contributed by atoms with van der Waals surface area (Å²) in [6, 6.07) is 9.52. The molecule has 0 aromatic heterocycles. The Balaban J connectivity index is 2.31. The van der Waals surface area contributed by atoms with Crippen LogP contribution in [0.1, 0.15) is 0 Å². The summed E-state index contributed by atoms with van der Waals surface area (Å²) >= 11 is 6.54. The molecule has 0 radical (unpaired) electrons. The number of ether oxygens (including phenoxy) is 1. The van der Waals surface area contributed by atoms with Gasteiger partial charge in [0.25, 0.3) is 0 Å². The Morgan fingerprint density at radius 2 is 1.71 bits per heavy atom. The minimum absolute atomic E-state index is 0.326. The van der Waals surface area contributed by atoms with Gasteiger partial charge in [0.05, 0.1) is 10.2 Å². The molecule has 0 atom stereocenters. The maximum absolute atomic E-state index is 12.9. The highest BCUT2D eigenvalue weighted by atomic mass is 79.9. The lowest BCUT2D eigenvalue weighted by Gasteiger charge is -2.10. The van der Waals surface area contributed by atoms with Crippen LogP contribution in [-0.2, 0) is 0 Å². The molecule has 0 saturated heterocycles. The normalized spacial score (nSPS) is 10.3. The summed E-state index contributed by atoms with van der Waals surface area (Å²) in [4.78, 5) is 0. The first kappa shape index (κ1) is 12.4. The Labute approximate surface area is 115 Å². The van der Waals surface area contributed by atoms with E-state index in [1.807, 2.05) is 6.07 Å². The van der Waals surface area contributed by atoms with E-state index in [1.165, 1.54) is 12.1 Å². The van der Waals surface area contributed by atoms with Crippen molar-refractivity contribution >= 4 is 37.5 Å². The van der Waals surface area contributed by atoms with Gasteiger partial charge >= 0.3 is 0 Å². The van der Waals surface area contributed by atoms with Crippen LogP contribution in [-0.4, -0.2) is 0 Å². The summed E-state index contributed by atoms with van der Waals surface area (Å²) < 4.78 is 19.9. The zero-order valence-electron chi connectivity index (χ0n) is 8.58. The van der Waals surface area contributed by atoms with Crippen molar-refractivity contribution in [2.24, 2.45) is 0 Å². The summed E-state index contributed by atoms with van der Waals surface area (Å²) in [5.41, 5.74) is 6.31. The molecule has 0 fully saturated rings. The lowest BCUT2D eigenvalue weighted by atomic mass is 10.3. The highest BCUT2D eigenvalue weighted by Crippen LogP contribution is 2.34. The van der Waals surface area contributed by atoms with E-state index >= 15 is 0 Å². The molecule has 0 heterocycles. The number of nitrogen functional groups attached to an aromatic ring is 1. The number of nitrogens with two attached hydrogens (primary N) is 1. The van der Waals surface area contributed by atoms with Crippen molar-refractivity contribution in [3.63, 3.8) is 0 Å². The van der Waals surface area contributed by atoms with Gasteiger partial charge in [-0.05, 0) is 52.3 Å². The SMILES string of the molecule is Nc1cc(Br)ccc1Oc1ccc(F)cc1Br. The quantitative estimate of drug-likeness (QED) is 0.786. The zero-order chi connectivity index (χ0) is 12.4. The topological polar surface area (TPSA) is 35.2 Å². The number of benzene rings is 2. The van der Waals surface area contributed by atoms with Crippen molar-refractivity contribution in [1.29, 1.82) is 0 Å². The first-order valence-corrected chi connectivity index (χ1v) is 6.33. The standard InChI is InChI=1S/C12H8Br2FNO/c13-7-1-3-12(10(16)5-7)17-11-4-2-8(15)6-9(11)14/h1-6H,16H2. The molecule has 0 bridgehead atoms. The van der Waals surface area contributed by atoms with Gasteiger partial charge in [0.15, 0.2) is 0 Å². The molecule has 0 amide bonds. The molecular weight excluding hydrogens is 353 g/mol. The predicted molar refractivity (Wildman–Crippen MR) is 72.7 cm³/mol. The third-order valence-electron chi connectivity index (χ3n) is 2.09. The summed E-state index contributed by atoms with van der Waals surface area (Å²) in [5, 5.41) is 0. The van der Waals surface area contributed by atoms with Crippen LogP contribution >= 0.6 is 31.9 Å². The maximum atomic E-state index is 12.9. The summed E-state index contributed by atoms with van der Waals surface area (Å²) in [6.45, 7) is 0. The van der Waals surface area contributed by atoms with E-state index in [1.54, 1.807) is 18.2 Å². The van der Waals surface area contributed by atoms with Crippen LogP contribution < -0.4 is 10.5 Å². The molecule has 88 valence electrons. The Morgan fingerprint density at radius 3 is 2.35 bits per heavy atom. The zero-order valence-corrected chi connectivity index (χ0v) is 11.8. The Morgan fingerprint density at radius 1 is 1.00 bits per heavy atom. The summed E-state index contributed by atoms with van der Waals surface area (Å²) in [5.74, 6) is 0.717. The van der Waals surface area contributed by atoms with Gasteiger partial charge in [-0.1, -0.05) is 15.9 Å². The van der Waals surface area contributed by atoms with Gasteiger partial charge in [-0.25, -0.2) is 4.39 Å². The van der Waals surface area contributed by atoms with Gasteiger partial charge in [-0.3, -0.25) is 0 Å². The monoisotopic (exact) mass is 359 g/mol. The van der Waals surface area contributed by atoms with E-state index < -0.39 is 0 Å². The molecule has 17 heavy (non-hydrogen) atoms. The molecule has 0 unspecified atom stereocenters. The van der Waals surface area contributed by atoms with Crippen molar-refractivity contribution in [1.82, 2.24) is 0 Å². The van der Waals surface area contributed by atoms with E-state index in [0.29, 0.717) is 21.7 Å². The van der Waals surface area contributed by atoms with Crippen LogP contribution in [0.3, 0.4) is 0 Å². The van der Waals surface area contributed by atoms with Crippen molar-refractivity contribution in [3.8, 4) is 11.5 Å². The molecule has 2 aromatic rings. The molecule has 0 spiro atoms. The molecule has 0 saturated carbocycles. The second kappa shape index (κ2) is 5.06. The van der Waals surface area contributed by atoms with Gasteiger partial charge in [0, 0.05) is 4.47 Å². The molecule has 0 aliphatic heterocycles. The Hall–Kier alpha value is -1.07. The lowest BCUT2D eigenvalue weighted by molar-refractivity contribution is 0.479. The molecule has 0 aliphatic rings. The molecule has 0 aliphatic carbocycles. The van der Waals surface area contributed by atoms with Crippen molar-refractivity contribution in [2.45, 2.75) is 0 Å². The van der Waals surface area contributed by atoms with Crippen LogP contribution in [0.25, 0.3) is 0 Å². The first-order chi connectivity index (χ1) is 8.06. The first-order valence-electron chi connectivity index (χ1n) is 4.74. The van der Waals surface area contributed by atoms with Gasteiger partial charge in [0.1, 0.15) is 17.3 Å². The third kappa shape index (κ3) is 2.98. The molecule has 2 rings (SSSR count). The van der Waals surface area contributed by atoms with Gasteiger partial charge in [-0.2, -0.15) is 0 Å². The predicted octanol–water partition coefficient (Wildman–Crippen LogP) is 4.73. The van der Waals surface area contributed by atoms with Crippen LogP contribution in [0, 0.1) is 5.82 Å². The average Bonchev–Trinajstić information content (AvgIpc) is 2.25. The number of rotatable bonds is 2. The van der Waals surface area contributed by atoms with Crippen molar-refractivity contribution < 1.29 is 9.13 Å². The van der Waals surface area contributed by atoms with E-state index in [0.717, 1.165) is 4.47 Å². The number of hydrogen-bond donors (Lipinski definition) is 1. The lowest BCUT2D eigenvalue weighted by Crippen LogP contribution is -1.92. The fourth-order valence-corrected chi connectivity index (χ4v) is 2.10. The average molecular weight is 361 g/mol.